The van der Waals surface area contributed by atoms with Gasteiger partial charge in [-0.25, -0.2) is 5.43 Å². The van der Waals surface area contributed by atoms with Gasteiger partial charge in [0.2, 0.25) is 5.91 Å². The number of nitro benzene ring substituents is 1. The molecule has 0 saturated carbocycles. The number of nitrogens with zero attached hydrogens (tertiary/aromatic N) is 2. The van der Waals surface area contributed by atoms with Gasteiger partial charge in [0.25, 0.3) is 5.69 Å². The number of methoxy groups -OCH3 is 2. The number of hydrogen-bond donors (Lipinski definition) is 1. The minimum Gasteiger partial charge on any atom is -0.497 e. The van der Waals surface area contributed by atoms with Crippen LogP contribution in [0, 0.1) is 10.1 Å². The Morgan fingerprint density at radius 3 is 2.53 bits per heavy atom. The molecule has 0 saturated heterocycles. The molecule has 0 aliphatic heterocycles. The number of carbonyl (C=O) groups excluding carboxylic acids is 1. The topological polar surface area (TPSA) is 103 Å². The zero-order chi connectivity index (χ0) is 21.5. The Balaban J connectivity index is 1.67. The molecule has 3 aromatic carbocycles. The second kappa shape index (κ2) is 9.75. The van der Waals surface area contributed by atoms with E-state index in [1.54, 1.807) is 26.4 Å². The maximum absolute atomic E-state index is 12.1. The van der Waals surface area contributed by atoms with Crippen LogP contribution in [-0.4, -0.2) is 37.0 Å². The molecular formula is C21H19N3O5S. The number of hydrazone groups is 1. The summed E-state index contributed by atoms with van der Waals surface area (Å²) in [5.41, 5.74) is 3.22. The molecule has 1 amide bonds. The lowest BCUT2D eigenvalue weighted by Crippen LogP contribution is -2.19. The summed E-state index contributed by atoms with van der Waals surface area (Å²) in [6, 6.07) is 15.5. The van der Waals surface area contributed by atoms with Crippen LogP contribution in [0.15, 0.2) is 64.6 Å². The van der Waals surface area contributed by atoms with Gasteiger partial charge in [-0.2, -0.15) is 5.10 Å². The second-order valence-corrected chi connectivity index (χ2v) is 7.15. The van der Waals surface area contributed by atoms with Crippen molar-refractivity contribution in [2.75, 3.05) is 20.0 Å². The summed E-state index contributed by atoms with van der Waals surface area (Å²) < 4.78 is 10.7. The first kappa shape index (κ1) is 21.1. The van der Waals surface area contributed by atoms with Gasteiger partial charge in [0.15, 0.2) is 0 Å². The van der Waals surface area contributed by atoms with Crippen LogP contribution in [0.1, 0.15) is 5.56 Å². The van der Waals surface area contributed by atoms with Crippen molar-refractivity contribution in [1.29, 1.82) is 0 Å². The standard InChI is InChI=1S/C21H19N3O5S/c1-28-16-7-3-14-4-10-20(29-2)19(18(14)11-16)12-22-23-21(25)13-30-17-8-5-15(6-9-17)24(26)27/h3-12H,13H2,1-2H3,(H,23,25)/b22-12-. The van der Waals surface area contributed by atoms with E-state index >= 15 is 0 Å². The quantitative estimate of drug-likeness (QED) is 0.253. The first-order chi connectivity index (χ1) is 14.5. The molecule has 0 heterocycles. The number of fused-ring (bicyclic) bond motifs is 1. The first-order valence-corrected chi connectivity index (χ1v) is 9.84. The van der Waals surface area contributed by atoms with E-state index in [0.717, 1.165) is 21.2 Å². The zero-order valence-corrected chi connectivity index (χ0v) is 17.1. The summed E-state index contributed by atoms with van der Waals surface area (Å²) >= 11 is 1.26. The van der Waals surface area contributed by atoms with Crippen molar-refractivity contribution in [3.8, 4) is 11.5 Å². The molecule has 9 heteroatoms. The molecule has 3 aromatic rings. The lowest BCUT2D eigenvalue weighted by molar-refractivity contribution is -0.384. The van der Waals surface area contributed by atoms with Crippen molar-refractivity contribution in [1.82, 2.24) is 5.43 Å². The molecule has 0 aliphatic rings. The van der Waals surface area contributed by atoms with Gasteiger partial charge in [0, 0.05) is 22.6 Å². The van der Waals surface area contributed by atoms with Gasteiger partial charge in [-0.05, 0) is 41.1 Å². The third kappa shape index (κ3) is 5.06. The fourth-order valence-corrected chi connectivity index (χ4v) is 3.44. The third-order valence-electron chi connectivity index (χ3n) is 4.25. The van der Waals surface area contributed by atoms with E-state index in [0.29, 0.717) is 11.5 Å². The largest absolute Gasteiger partial charge is 0.497 e. The van der Waals surface area contributed by atoms with Crippen LogP contribution >= 0.6 is 11.8 Å². The van der Waals surface area contributed by atoms with Crippen LogP contribution in [-0.2, 0) is 4.79 Å². The molecule has 8 nitrogen and oxygen atoms in total. The van der Waals surface area contributed by atoms with Gasteiger partial charge < -0.3 is 9.47 Å². The lowest BCUT2D eigenvalue weighted by Gasteiger charge is -2.10. The monoisotopic (exact) mass is 425 g/mol. The zero-order valence-electron chi connectivity index (χ0n) is 16.3. The fraction of sp³-hybridized carbons (Fsp3) is 0.143. The molecule has 0 fully saturated rings. The lowest BCUT2D eigenvalue weighted by atomic mass is 10.0. The molecule has 0 spiro atoms. The van der Waals surface area contributed by atoms with Crippen LogP contribution in [0.5, 0.6) is 11.5 Å². The average molecular weight is 425 g/mol. The number of nitrogens with one attached hydrogen (secondary N) is 1. The van der Waals surface area contributed by atoms with Crippen molar-refractivity contribution < 1.29 is 19.2 Å². The second-order valence-electron chi connectivity index (χ2n) is 6.10. The molecule has 0 aliphatic carbocycles. The van der Waals surface area contributed by atoms with Crippen LogP contribution < -0.4 is 14.9 Å². The normalized spacial score (nSPS) is 10.9. The van der Waals surface area contributed by atoms with E-state index in [-0.39, 0.29) is 17.3 Å². The summed E-state index contributed by atoms with van der Waals surface area (Å²) in [4.78, 5) is 23.1. The highest BCUT2D eigenvalue weighted by molar-refractivity contribution is 8.00. The van der Waals surface area contributed by atoms with Crippen molar-refractivity contribution in [3.05, 3.63) is 70.3 Å². The van der Waals surface area contributed by atoms with Gasteiger partial charge in [0.05, 0.1) is 31.1 Å². The van der Waals surface area contributed by atoms with Crippen LogP contribution in [0.4, 0.5) is 5.69 Å². The maximum atomic E-state index is 12.1. The molecule has 0 aromatic heterocycles. The summed E-state index contributed by atoms with van der Waals surface area (Å²) in [5, 5.41) is 16.6. The van der Waals surface area contributed by atoms with E-state index < -0.39 is 4.92 Å². The number of amides is 1. The SMILES string of the molecule is COc1ccc2ccc(OC)c(/C=N\NC(=O)CSc3ccc([N+](=O)[O-])cc3)c2c1. The summed E-state index contributed by atoms with van der Waals surface area (Å²) in [7, 11) is 3.16. The van der Waals surface area contributed by atoms with Gasteiger partial charge >= 0.3 is 0 Å². The fourth-order valence-electron chi connectivity index (χ4n) is 2.75. The highest BCUT2D eigenvalue weighted by Gasteiger charge is 2.09. The number of thioether (sulfide) groups is 1. The molecule has 1 N–H and O–H groups in total. The number of carbonyl (C=O) groups is 1. The number of hydrogen-bond acceptors (Lipinski definition) is 7. The molecule has 3 rings (SSSR count). The van der Waals surface area contributed by atoms with E-state index in [1.165, 1.54) is 30.1 Å². The smallest absolute Gasteiger partial charge is 0.269 e. The van der Waals surface area contributed by atoms with Crippen LogP contribution in [0.2, 0.25) is 0 Å². The molecule has 30 heavy (non-hydrogen) atoms. The van der Waals surface area contributed by atoms with Crippen LogP contribution in [0.25, 0.3) is 10.8 Å². The Morgan fingerprint density at radius 2 is 1.87 bits per heavy atom. The van der Waals surface area contributed by atoms with Crippen molar-refractivity contribution >= 4 is 40.3 Å². The Labute approximate surface area is 177 Å². The van der Waals surface area contributed by atoms with Gasteiger partial charge in [0.1, 0.15) is 11.5 Å². The molecule has 0 radical (unpaired) electrons. The van der Waals surface area contributed by atoms with Crippen LogP contribution in [0.3, 0.4) is 0 Å². The average Bonchev–Trinajstić information content (AvgIpc) is 2.77. The molecule has 0 bridgehead atoms. The number of non-ortho nitro benzene ring substituents is 1. The Bertz CT molecular complexity index is 1090. The van der Waals surface area contributed by atoms with Gasteiger partial charge in [-0.15, -0.1) is 11.8 Å². The predicted octanol–water partition coefficient (Wildman–Crippen LogP) is 4.01. The number of rotatable bonds is 8. The highest BCUT2D eigenvalue weighted by atomic mass is 32.2. The summed E-state index contributed by atoms with van der Waals surface area (Å²) in [6.07, 6.45) is 1.54. The molecule has 0 atom stereocenters. The van der Waals surface area contributed by atoms with Crippen molar-refractivity contribution in [2.45, 2.75) is 4.90 Å². The minimum absolute atomic E-state index is 0.00840. The van der Waals surface area contributed by atoms with E-state index in [1.807, 2.05) is 30.3 Å². The highest BCUT2D eigenvalue weighted by Crippen LogP contribution is 2.29. The first-order valence-electron chi connectivity index (χ1n) is 8.85. The molecular weight excluding hydrogens is 406 g/mol. The Hall–Kier alpha value is -3.59. The van der Waals surface area contributed by atoms with Gasteiger partial charge in [-0.1, -0.05) is 12.1 Å². The van der Waals surface area contributed by atoms with E-state index in [2.05, 4.69) is 10.5 Å². The number of nitro groups is 1. The van der Waals surface area contributed by atoms with E-state index in [9.17, 15) is 14.9 Å². The summed E-state index contributed by atoms with van der Waals surface area (Å²) in [6.45, 7) is 0. The summed E-state index contributed by atoms with van der Waals surface area (Å²) in [5.74, 6) is 1.14. The van der Waals surface area contributed by atoms with Gasteiger partial charge in [-0.3, -0.25) is 14.9 Å². The third-order valence-corrected chi connectivity index (χ3v) is 5.26. The molecule has 154 valence electrons. The number of benzene rings is 3. The minimum atomic E-state index is -0.465. The van der Waals surface area contributed by atoms with Crippen molar-refractivity contribution in [3.63, 3.8) is 0 Å². The molecule has 0 unspecified atom stereocenters. The Kier molecular flexibility index (Phi) is 6.87. The predicted molar refractivity (Wildman–Crippen MR) is 117 cm³/mol. The van der Waals surface area contributed by atoms with Crippen molar-refractivity contribution in [2.24, 2.45) is 5.10 Å². The maximum Gasteiger partial charge on any atom is 0.269 e. The number of ether oxygens (including phenoxy) is 2. The van der Waals surface area contributed by atoms with E-state index in [4.69, 9.17) is 9.47 Å². The Morgan fingerprint density at radius 1 is 1.13 bits per heavy atom.